The number of carbonyl (C=O) groups excluding carboxylic acids is 1. The maximum atomic E-state index is 14.0. The van der Waals surface area contributed by atoms with Gasteiger partial charge in [0, 0.05) is 61.4 Å². The molecule has 0 spiro atoms. The van der Waals surface area contributed by atoms with E-state index < -0.39 is 28.2 Å². The molecule has 1 aromatic carbocycles. The molecule has 3 unspecified atom stereocenters. The van der Waals surface area contributed by atoms with Crippen LogP contribution >= 0.6 is 35.0 Å². The SMILES string of the molecule is CNC(=O)c1nn2c(c1Cl)CN(c1nc(OC)nc3c1CSC(c1cc(N)cc(Cl)c1C(F)(F)F)C3)CCC2.FC1CC2CCCN2C1. The highest BCUT2D eigenvalue weighted by Crippen LogP contribution is 2.49. The Hall–Kier alpha value is -3.01. The van der Waals surface area contributed by atoms with E-state index in [1.807, 2.05) is 4.90 Å². The van der Waals surface area contributed by atoms with Crippen LogP contribution in [0.4, 0.5) is 29.1 Å². The van der Waals surface area contributed by atoms with Gasteiger partial charge in [-0.25, -0.2) is 4.39 Å². The number of benzene rings is 1. The quantitative estimate of drug-likeness (QED) is 0.244. The van der Waals surface area contributed by atoms with Crippen molar-refractivity contribution in [1.82, 2.24) is 30.0 Å². The number of amides is 1. The Balaban J connectivity index is 0.000000381. The number of carbonyl (C=O) groups is 1. The molecule has 6 heterocycles. The summed E-state index contributed by atoms with van der Waals surface area (Å²) in [6.45, 7) is 3.35. The summed E-state index contributed by atoms with van der Waals surface area (Å²) in [7, 11) is 2.94. The zero-order chi connectivity index (χ0) is 34.3. The lowest BCUT2D eigenvalue weighted by Crippen LogP contribution is -2.27. The Morgan fingerprint density at radius 1 is 1.17 bits per heavy atom. The second-order valence-electron chi connectivity index (χ2n) is 12.2. The highest BCUT2D eigenvalue weighted by Gasteiger charge is 2.40. The van der Waals surface area contributed by atoms with Crippen molar-refractivity contribution in [1.29, 1.82) is 0 Å². The number of nitrogen functional groups attached to an aromatic ring is 1. The number of aryl methyl sites for hydroxylation is 1. The third-order valence-corrected chi connectivity index (χ3v) is 11.1. The number of anilines is 2. The fourth-order valence-corrected chi connectivity index (χ4v) is 8.87. The number of aromatic nitrogens is 4. The van der Waals surface area contributed by atoms with Gasteiger partial charge in [-0.1, -0.05) is 23.2 Å². The number of fused-ring (bicyclic) bond motifs is 3. The first-order valence-electron chi connectivity index (χ1n) is 15.7. The maximum Gasteiger partial charge on any atom is 0.418 e. The lowest BCUT2D eigenvalue weighted by molar-refractivity contribution is -0.138. The Bertz CT molecular complexity index is 1680. The zero-order valence-electron chi connectivity index (χ0n) is 26.4. The summed E-state index contributed by atoms with van der Waals surface area (Å²) in [5.41, 5.74) is 7.38. The predicted molar refractivity (Wildman–Crippen MR) is 178 cm³/mol. The van der Waals surface area contributed by atoms with Gasteiger partial charge < -0.3 is 20.7 Å². The number of nitrogens with zero attached hydrogens (tertiary/aromatic N) is 6. The molecule has 4 aliphatic rings. The van der Waals surface area contributed by atoms with Gasteiger partial charge >= 0.3 is 12.2 Å². The molecule has 10 nitrogen and oxygen atoms in total. The third kappa shape index (κ3) is 7.01. The second-order valence-corrected chi connectivity index (χ2v) is 14.2. The first-order valence-corrected chi connectivity index (χ1v) is 17.5. The van der Waals surface area contributed by atoms with Gasteiger partial charge in [-0.2, -0.15) is 28.2 Å². The number of nitrogens with one attached hydrogen (secondary N) is 1. The molecule has 0 saturated carbocycles. The van der Waals surface area contributed by atoms with Crippen molar-refractivity contribution in [2.24, 2.45) is 0 Å². The molecule has 0 bridgehead atoms. The first-order chi connectivity index (χ1) is 22.9. The van der Waals surface area contributed by atoms with Gasteiger partial charge in [-0.15, -0.1) is 11.8 Å². The zero-order valence-corrected chi connectivity index (χ0v) is 28.7. The van der Waals surface area contributed by atoms with E-state index in [0.29, 0.717) is 61.6 Å². The predicted octanol–water partition coefficient (Wildman–Crippen LogP) is 6.08. The molecular formula is C31H36Cl2F4N8O2S. The van der Waals surface area contributed by atoms with Crippen LogP contribution in [0.5, 0.6) is 6.01 Å². The van der Waals surface area contributed by atoms with Crippen molar-refractivity contribution in [3.05, 3.63) is 56.0 Å². The van der Waals surface area contributed by atoms with Crippen molar-refractivity contribution in [3.63, 3.8) is 0 Å². The van der Waals surface area contributed by atoms with Crippen molar-refractivity contribution in [3.8, 4) is 6.01 Å². The minimum absolute atomic E-state index is 0.0227. The van der Waals surface area contributed by atoms with Gasteiger partial charge in [-0.05, 0) is 49.9 Å². The van der Waals surface area contributed by atoms with Gasteiger partial charge in [0.05, 0.1) is 40.7 Å². The molecule has 260 valence electrons. The molecule has 2 fully saturated rings. The third-order valence-electron chi connectivity index (χ3n) is 9.15. The summed E-state index contributed by atoms with van der Waals surface area (Å²) >= 11 is 13.9. The number of rotatable bonds is 4. The van der Waals surface area contributed by atoms with Crippen molar-refractivity contribution in [2.45, 2.75) is 74.6 Å². The van der Waals surface area contributed by atoms with E-state index in [-0.39, 0.29) is 40.3 Å². The van der Waals surface area contributed by atoms with Crippen LogP contribution in [0.15, 0.2) is 12.1 Å². The Morgan fingerprint density at radius 3 is 2.67 bits per heavy atom. The highest BCUT2D eigenvalue weighted by atomic mass is 35.5. The maximum absolute atomic E-state index is 14.0. The van der Waals surface area contributed by atoms with Gasteiger partial charge in [0.2, 0.25) is 0 Å². The van der Waals surface area contributed by atoms with E-state index in [9.17, 15) is 22.4 Å². The molecule has 2 aromatic heterocycles. The standard InChI is InChI=1S/C24H24Cl2F3N7O2S.C7H12FN/c1-31-22(37)20-19(26)16-9-35(4-3-5-36(16)34-20)21-13-10-39-17(8-15(13)32-23(33-21)38-2)12-6-11(30)7-14(25)18(12)24(27,28)29;8-6-4-7-2-1-3-9(7)5-6/h6-7,17H,3-5,8-10,30H2,1-2H3,(H,31,37);6-7H,1-5H2. The Labute approximate surface area is 289 Å². The second kappa shape index (κ2) is 14.1. The number of halogens is 6. The van der Waals surface area contributed by atoms with E-state index >= 15 is 0 Å². The van der Waals surface area contributed by atoms with Crippen molar-refractivity contribution >= 4 is 52.4 Å². The van der Waals surface area contributed by atoms with E-state index in [0.717, 1.165) is 24.6 Å². The number of nitrogens with two attached hydrogens (primary N) is 1. The molecular weight excluding hydrogens is 695 g/mol. The Morgan fingerprint density at radius 2 is 1.96 bits per heavy atom. The number of methoxy groups -OCH3 is 1. The lowest BCUT2D eigenvalue weighted by Gasteiger charge is -2.31. The summed E-state index contributed by atoms with van der Waals surface area (Å²) in [6.07, 6.45) is -0.932. The number of thioether (sulfide) groups is 1. The minimum Gasteiger partial charge on any atom is -0.467 e. The van der Waals surface area contributed by atoms with Gasteiger partial charge in [0.25, 0.3) is 5.91 Å². The number of hydrogen-bond donors (Lipinski definition) is 2. The number of ether oxygens (including phenoxy) is 1. The average molecular weight is 732 g/mol. The number of hydrogen-bond acceptors (Lipinski definition) is 9. The minimum atomic E-state index is -4.64. The fraction of sp³-hybridized carbons (Fsp3) is 0.548. The van der Waals surface area contributed by atoms with Crippen molar-refractivity contribution in [2.75, 3.05) is 44.4 Å². The lowest BCUT2D eigenvalue weighted by atomic mass is 9.98. The molecule has 0 radical (unpaired) electrons. The van der Waals surface area contributed by atoms with Crippen LogP contribution in [0.25, 0.3) is 0 Å². The molecule has 1 amide bonds. The smallest absolute Gasteiger partial charge is 0.418 e. The van der Waals surface area contributed by atoms with Crippen LogP contribution in [0.2, 0.25) is 10.0 Å². The van der Waals surface area contributed by atoms with Crippen molar-refractivity contribution < 1.29 is 27.1 Å². The van der Waals surface area contributed by atoms with Crippen LogP contribution < -0.4 is 20.7 Å². The molecule has 2 saturated heterocycles. The average Bonchev–Trinajstić information content (AvgIpc) is 3.66. The van der Waals surface area contributed by atoms with Crippen LogP contribution in [0.3, 0.4) is 0 Å². The summed E-state index contributed by atoms with van der Waals surface area (Å²) in [5, 5.41) is 6.18. The summed E-state index contributed by atoms with van der Waals surface area (Å²) < 4.78 is 61.6. The van der Waals surface area contributed by atoms with Gasteiger partial charge in [0.15, 0.2) is 5.69 Å². The van der Waals surface area contributed by atoms with Crippen LogP contribution in [-0.4, -0.2) is 76.6 Å². The molecule has 3 N–H and O–H groups in total. The summed E-state index contributed by atoms with van der Waals surface area (Å²) in [4.78, 5) is 25.7. The van der Waals surface area contributed by atoms with Crippen LogP contribution in [-0.2, 0) is 31.4 Å². The topological polar surface area (TPSA) is 114 Å². The molecule has 3 aromatic rings. The van der Waals surface area contributed by atoms with Gasteiger partial charge in [-0.3, -0.25) is 14.4 Å². The largest absolute Gasteiger partial charge is 0.467 e. The first kappa shape index (κ1) is 34.8. The molecule has 7 rings (SSSR count). The summed E-state index contributed by atoms with van der Waals surface area (Å²) in [5.74, 6) is 0.586. The molecule has 0 aliphatic carbocycles. The highest BCUT2D eigenvalue weighted by molar-refractivity contribution is 7.98. The number of alkyl halides is 4. The molecule has 4 aliphatic heterocycles. The normalized spacial score (nSPS) is 22.2. The summed E-state index contributed by atoms with van der Waals surface area (Å²) in [6, 6.07) is 3.16. The molecule has 3 atom stereocenters. The van der Waals surface area contributed by atoms with E-state index in [1.165, 1.54) is 44.8 Å². The van der Waals surface area contributed by atoms with E-state index in [4.69, 9.17) is 33.7 Å². The molecule has 48 heavy (non-hydrogen) atoms. The van der Waals surface area contributed by atoms with Gasteiger partial charge in [0.1, 0.15) is 12.0 Å². The fourth-order valence-electron chi connectivity index (χ4n) is 6.94. The Kier molecular flexibility index (Phi) is 10.2. The van der Waals surface area contributed by atoms with E-state index in [1.54, 1.807) is 4.68 Å². The van der Waals surface area contributed by atoms with Crippen LogP contribution in [0.1, 0.15) is 69.5 Å². The van der Waals surface area contributed by atoms with E-state index in [2.05, 4.69) is 25.3 Å². The van der Waals surface area contributed by atoms with Crippen LogP contribution in [0, 0.1) is 0 Å². The molecule has 17 heteroatoms. The monoisotopic (exact) mass is 730 g/mol.